The van der Waals surface area contributed by atoms with Gasteiger partial charge in [-0.25, -0.2) is 0 Å². The maximum Gasteiger partial charge on any atom is 0.132 e. The third-order valence-corrected chi connectivity index (χ3v) is 2.34. The Kier molecular flexibility index (Phi) is 5.97. The molecule has 78 valence electrons. The number of carbonyl (C=O) groups excluding carboxylic acids is 1. The Morgan fingerprint density at radius 1 is 1.31 bits per heavy atom. The number of ether oxygens (including phenoxy) is 1. The van der Waals surface area contributed by atoms with Crippen molar-refractivity contribution in [2.24, 2.45) is 0 Å². The molecule has 0 spiro atoms. The second-order valence-corrected chi connectivity index (χ2v) is 3.96. The number of carbonyl (C=O) groups is 1. The minimum Gasteiger partial charge on any atom is -0.376 e. The van der Waals surface area contributed by atoms with Crippen LogP contribution < -0.4 is 0 Å². The van der Waals surface area contributed by atoms with Crippen LogP contribution in [0.5, 0.6) is 0 Å². The van der Waals surface area contributed by atoms with Crippen LogP contribution in [0.25, 0.3) is 0 Å². The van der Waals surface area contributed by atoms with E-state index in [1.165, 1.54) is 0 Å². The summed E-state index contributed by atoms with van der Waals surface area (Å²) < 4.78 is 5.62. The fraction of sp³-hybridized carbons (Fsp3) is 0.909. The van der Waals surface area contributed by atoms with Crippen molar-refractivity contribution < 1.29 is 9.53 Å². The quantitative estimate of drug-likeness (QED) is 0.571. The number of hydrogen-bond acceptors (Lipinski definition) is 2. The zero-order valence-electron chi connectivity index (χ0n) is 9.35. The number of rotatable bonds is 7. The zero-order valence-corrected chi connectivity index (χ0v) is 9.35. The monoisotopic (exact) mass is 186 g/mol. The van der Waals surface area contributed by atoms with Crippen LogP contribution in [0.4, 0.5) is 0 Å². The SMILES string of the molecule is CCC(=O)CCCOC(C)(C)CC. The van der Waals surface area contributed by atoms with Crippen LogP contribution >= 0.6 is 0 Å². The van der Waals surface area contributed by atoms with Crippen LogP contribution in [0.15, 0.2) is 0 Å². The highest BCUT2D eigenvalue weighted by atomic mass is 16.5. The molecule has 2 heteroatoms. The predicted molar refractivity (Wildman–Crippen MR) is 54.9 cm³/mol. The molecular weight excluding hydrogens is 164 g/mol. The van der Waals surface area contributed by atoms with Gasteiger partial charge in [0.25, 0.3) is 0 Å². The second-order valence-electron chi connectivity index (χ2n) is 3.96. The minimum absolute atomic E-state index is 0.0325. The molecular formula is C11H22O2. The van der Waals surface area contributed by atoms with Gasteiger partial charge in [-0.3, -0.25) is 4.79 Å². The molecule has 0 bridgehead atoms. The molecule has 0 rings (SSSR count). The highest BCUT2D eigenvalue weighted by molar-refractivity contribution is 5.77. The molecule has 0 heterocycles. The molecule has 13 heavy (non-hydrogen) atoms. The molecule has 0 aromatic heterocycles. The lowest BCUT2D eigenvalue weighted by atomic mass is 10.1. The maximum atomic E-state index is 11.0. The fourth-order valence-electron chi connectivity index (χ4n) is 0.897. The molecule has 0 unspecified atom stereocenters. The lowest BCUT2D eigenvalue weighted by Crippen LogP contribution is -2.23. The molecule has 0 atom stereocenters. The molecule has 0 amide bonds. The highest BCUT2D eigenvalue weighted by Gasteiger charge is 2.14. The summed E-state index contributed by atoms with van der Waals surface area (Å²) in [5.41, 5.74) is -0.0325. The first-order chi connectivity index (χ1) is 6.02. The van der Waals surface area contributed by atoms with Gasteiger partial charge < -0.3 is 4.74 Å². The van der Waals surface area contributed by atoms with Crippen molar-refractivity contribution in [2.45, 2.75) is 59.0 Å². The van der Waals surface area contributed by atoms with Crippen molar-refractivity contribution in [3.05, 3.63) is 0 Å². The summed E-state index contributed by atoms with van der Waals surface area (Å²) in [5, 5.41) is 0. The van der Waals surface area contributed by atoms with Gasteiger partial charge in [-0.1, -0.05) is 13.8 Å². The summed E-state index contributed by atoms with van der Waals surface area (Å²) in [5.74, 6) is 0.331. The maximum absolute atomic E-state index is 11.0. The summed E-state index contributed by atoms with van der Waals surface area (Å²) in [6, 6.07) is 0. The number of hydrogen-bond donors (Lipinski definition) is 0. The van der Waals surface area contributed by atoms with Gasteiger partial charge in [-0.15, -0.1) is 0 Å². The van der Waals surface area contributed by atoms with Crippen molar-refractivity contribution in [1.82, 2.24) is 0 Å². The van der Waals surface area contributed by atoms with Gasteiger partial charge in [0.05, 0.1) is 5.60 Å². The highest BCUT2D eigenvalue weighted by Crippen LogP contribution is 2.13. The molecule has 0 aliphatic rings. The van der Waals surface area contributed by atoms with Gasteiger partial charge in [-0.2, -0.15) is 0 Å². The largest absolute Gasteiger partial charge is 0.376 e. The number of Topliss-reactive ketones (excluding diaryl/α,β-unsaturated/α-hetero) is 1. The van der Waals surface area contributed by atoms with Crippen LogP contribution in [-0.4, -0.2) is 18.0 Å². The smallest absolute Gasteiger partial charge is 0.132 e. The summed E-state index contributed by atoms with van der Waals surface area (Å²) in [6.07, 6.45) is 3.18. The lowest BCUT2D eigenvalue weighted by Gasteiger charge is -2.23. The van der Waals surface area contributed by atoms with E-state index >= 15 is 0 Å². The van der Waals surface area contributed by atoms with Gasteiger partial charge in [0.1, 0.15) is 5.78 Å². The Bertz CT molecular complexity index is 150. The Morgan fingerprint density at radius 3 is 2.38 bits per heavy atom. The summed E-state index contributed by atoms with van der Waals surface area (Å²) in [6.45, 7) is 8.87. The van der Waals surface area contributed by atoms with Crippen LogP contribution in [0.1, 0.15) is 53.4 Å². The Labute approximate surface area is 81.7 Å². The molecule has 0 aromatic carbocycles. The zero-order chi connectivity index (χ0) is 10.3. The topological polar surface area (TPSA) is 26.3 Å². The van der Waals surface area contributed by atoms with E-state index in [2.05, 4.69) is 20.8 Å². The summed E-state index contributed by atoms with van der Waals surface area (Å²) in [7, 11) is 0. The van der Waals surface area contributed by atoms with E-state index < -0.39 is 0 Å². The minimum atomic E-state index is -0.0325. The van der Waals surface area contributed by atoms with Gasteiger partial charge in [0, 0.05) is 19.4 Å². The van der Waals surface area contributed by atoms with Crippen molar-refractivity contribution >= 4 is 5.78 Å². The molecule has 0 N–H and O–H groups in total. The predicted octanol–water partition coefficient (Wildman–Crippen LogP) is 2.95. The van der Waals surface area contributed by atoms with Gasteiger partial charge in [0.15, 0.2) is 0 Å². The molecule has 0 fully saturated rings. The molecule has 0 radical (unpaired) electrons. The number of ketones is 1. The van der Waals surface area contributed by atoms with Crippen LogP contribution in [-0.2, 0) is 9.53 Å². The molecule has 0 saturated carbocycles. The Hall–Kier alpha value is -0.370. The first-order valence-corrected chi connectivity index (χ1v) is 5.17. The Balaban J connectivity index is 3.41. The normalized spacial score (nSPS) is 11.7. The van der Waals surface area contributed by atoms with E-state index in [1.54, 1.807) is 0 Å². The molecule has 2 nitrogen and oxygen atoms in total. The van der Waals surface area contributed by atoms with Gasteiger partial charge >= 0.3 is 0 Å². The van der Waals surface area contributed by atoms with Crippen molar-refractivity contribution in [3.8, 4) is 0 Å². The van der Waals surface area contributed by atoms with E-state index in [0.717, 1.165) is 12.8 Å². The Morgan fingerprint density at radius 2 is 1.92 bits per heavy atom. The average molecular weight is 186 g/mol. The van der Waals surface area contributed by atoms with Crippen molar-refractivity contribution in [1.29, 1.82) is 0 Å². The van der Waals surface area contributed by atoms with Crippen LogP contribution in [0, 0.1) is 0 Å². The molecule has 0 saturated heterocycles. The third-order valence-electron chi connectivity index (χ3n) is 2.34. The molecule has 0 aliphatic heterocycles. The van der Waals surface area contributed by atoms with E-state index in [9.17, 15) is 4.79 Å². The van der Waals surface area contributed by atoms with E-state index in [0.29, 0.717) is 25.2 Å². The first-order valence-electron chi connectivity index (χ1n) is 5.17. The van der Waals surface area contributed by atoms with Gasteiger partial charge in [-0.05, 0) is 26.7 Å². The van der Waals surface area contributed by atoms with Crippen LogP contribution in [0.3, 0.4) is 0 Å². The van der Waals surface area contributed by atoms with Crippen molar-refractivity contribution in [2.75, 3.05) is 6.61 Å². The third kappa shape index (κ3) is 6.76. The van der Waals surface area contributed by atoms with Crippen molar-refractivity contribution in [3.63, 3.8) is 0 Å². The van der Waals surface area contributed by atoms with Gasteiger partial charge in [0.2, 0.25) is 0 Å². The van der Waals surface area contributed by atoms with Crippen LogP contribution in [0.2, 0.25) is 0 Å². The van der Waals surface area contributed by atoms with E-state index in [1.807, 2.05) is 6.92 Å². The fourth-order valence-corrected chi connectivity index (χ4v) is 0.897. The molecule has 0 aliphatic carbocycles. The summed E-state index contributed by atoms with van der Waals surface area (Å²) >= 11 is 0. The second kappa shape index (κ2) is 6.14. The summed E-state index contributed by atoms with van der Waals surface area (Å²) in [4.78, 5) is 11.0. The average Bonchev–Trinajstić information content (AvgIpc) is 2.12. The van der Waals surface area contributed by atoms with E-state index in [-0.39, 0.29) is 5.60 Å². The first kappa shape index (κ1) is 12.6. The standard InChI is InChI=1S/C11H22O2/c1-5-10(12)8-7-9-13-11(3,4)6-2/h5-9H2,1-4H3. The van der Waals surface area contributed by atoms with E-state index in [4.69, 9.17) is 4.74 Å². The molecule has 0 aromatic rings. The lowest BCUT2D eigenvalue weighted by molar-refractivity contribution is -0.119.